The molecule has 0 atom stereocenters. The zero-order valence-corrected chi connectivity index (χ0v) is 18.9. The number of ether oxygens (including phenoxy) is 3. The van der Waals surface area contributed by atoms with Crippen molar-refractivity contribution in [3.8, 4) is 11.5 Å². The number of hydrogen-bond donors (Lipinski definition) is 3. The van der Waals surface area contributed by atoms with Gasteiger partial charge in [0.1, 0.15) is 17.1 Å². The van der Waals surface area contributed by atoms with E-state index in [2.05, 4.69) is 16.2 Å². The molecule has 31 heavy (non-hydrogen) atoms. The quantitative estimate of drug-likeness (QED) is 0.339. The summed E-state index contributed by atoms with van der Waals surface area (Å²) in [6.45, 7) is 7.85. The second kappa shape index (κ2) is 9.70. The highest BCUT2D eigenvalue weighted by molar-refractivity contribution is 7.80. The first-order chi connectivity index (χ1) is 14.8. The van der Waals surface area contributed by atoms with Crippen molar-refractivity contribution in [3.63, 3.8) is 0 Å². The van der Waals surface area contributed by atoms with Gasteiger partial charge in [-0.1, -0.05) is 18.2 Å². The van der Waals surface area contributed by atoms with E-state index in [-0.39, 0.29) is 6.61 Å². The Morgan fingerprint density at radius 2 is 1.97 bits per heavy atom. The molecule has 0 radical (unpaired) electrons. The van der Waals surface area contributed by atoms with Crippen LogP contribution in [0, 0.1) is 6.92 Å². The van der Waals surface area contributed by atoms with E-state index in [1.807, 2.05) is 63.2 Å². The van der Waals surface area contributed by atoms with Crippen LogP contribution in [0.2, 0.25) is 0 Å². The van der Waals surface area contributed by atoms with Gasteiger partial charge < -0.3 is 19.5 Å². The number of thiocarbonyl (C=S) groups is 1. The van der Waals surface area contributed by atoms with Crippen LogP contribution in [0.15, 0.2) is 48.5 Å². The van der Waals surface area contributed by atoms with Gasteiger partial charge in [0.2, 0.25) is 0 Å². The van der Waals surface area contributed by atoms with Crippen molar-refractivity contribution < 1.29 is 19.0 Å². The Labute approximate surface area is 187 Å². The minimum absolute atomic E-state index is 0.159. The molecule has 0 aliphatic carbocycles. The second-order valence-corrected chi connectivity index (χ2v) is 7.94. The number of fused-ring (bicyclic) bond motifs is 1. The van der Waals surface area contributed by atoms with Gasteiger partial charge in [-0.3, -0.25) is 10.9 Å². The predicted molar refractivity (Wildman–Crippen MR) is 125 cm³/mol. The van der Waals surface area contributed by atoms with Crippen LogP contribution in [0.25, 0.3) is 5.70 Å². The lowest BCUT2D eigenvalue weighted by Crippen LogP contribution is -2.41. The lowest BCUT2D eigenvalue weighted by molar-refractivity contribution is -0.145. The van der Waals surface area contributed by atoms with E-state index in [1.54, 1.807) is 13.0 Å². The number of anilines is 1. The predicted octanol–water partition coefficient (Wildman–Crippen LogP) is 3.94. The van der Waals surface area contributed by atoms with E-state index < -0.39 is 11.6 Å². The summed E-state index contributed by atoms with van der Waals surface area (Å²) < 4.78 is 16.5. The largest absolute Gasteiger partial charge is 0.483 e. The monoisotopic (exact) mass is 441 g/mol. The van der Waals surface area contributed by atoms with Gasteiger partial charge in [0, 0.05) is 11.3 Å². The molecule has 3 N–H and O–H groups in total. The van der Waals surface area contributed by atoms with Crippen molar-refractivity contribution in [1.82, 2.24) is 10.9 Å². The van der Waals surface area contributed by atoms with E-state index in [1.165, 1.54) is 0 Å². The second-order valence-electron chi connectivity index (χ2n) is 7.53. The molecule has 0 amide bonds. The molecular weight excluding hydrogens is 414 g/mol. The highest BCUT2D eigenvalue weighted by Crippen LogP contribution is 2.36. The number of carbonyl (C=O) groups is 1. The average Bonchev–Trinajstić information content (AvgIpc) is 2.72. The lowest BCUT2D eigenvalue weighted by Gasteiger charge is -2.31. The van der Waals surface area contributed by atoms with E-state index >= 15 is 0 Å². The van der Waals surface area contributed by atoms with E-state index in [0.29, 0.717) is 23.2 Å². The Morgan fingerprint density at radius 1 is 1.19 bits per heavy atom. The molecule has 1 aliphatic rings. The van der Waals surface area contributed by atoms with Gasteiger partial charge in [-0.25, -0.2) is 4.79 Å². The number of hydrogen-bond acceptors (Lipinski definition) is 6. The first-order valence-corrected chi connectivity index (χ1v) is 10.4. The minimum atomic E-state index is -0.518. The number of carbonyl (C=O) groups excluding carboxylic acids is 1. The van der Waals surface area contributed by atoms with Gasteiger partial charge in [0.25, 0.3) is 0 Å². The number of hydrazine groups is 1. The molecule has 1 aliphatic heterocycles. The summed E-state index contributed by atoms with van der Waals surface area (Å²) in [5.74, 6) is 0.808. The molecule has 0 unspecified atom stereocenters. The zero-order valence-electron chi connectivity index (χ0n) is 18.1. The molecule has 164 valence electrons. The summed E-state index contributed by atoms with van der Waals surface area (Å²) in [6, 6.07) is 13.3. The first-order valence-electron chi connectivity index (χ1n) is 10.0. The summed E-state index contributed by atoms with van der Waals surface area (Å²) in [4.78, 5) is 11.6. The SMILES string of the molecule is CCOC(=O)COc1ccc2c(c1)C(NNC(=S)Nc1ccccc1C)=CC(C)(C)O2. The summed E-state index contributed by atoms with van der Waals surface area (Å²) in [7, 11) is 0. The first kappa shape index (κ1) is 22.4. The third kappa shape index (κ3) is 6.11. The number of para-hydroxylation sites is 1. The fourth-order valence-corrected chi connectivity index (χ4v) is 3.24. The fourth-order valence-electron chi connectivity index (χ4n) is 3.08. The Balaban J connectivity index is 1.71. The number of aryl methyl sites for hydroxylation is 1. The van der Waals surface area contributed by atoms with Crippen LogP contribution in [0.4, 0.5) is 5.69 Å². The Hall–Kier alpha value is -3.26. The molecule has 1 heterocycles. The van der Waals surface area contributed by atoms with Crippen LogP contribution in [0.5, 0.6) is 11.5 Å². The Bertz CT molecular complexity index is 1000. The molecule has 0 saturated heterocycles. The third-order valence-corrected chi connectivity index (χ3v) is 4.68. The number of esters is 1. The number of rotatable bonds is 7. The highest BCUT2D eigenvalue weighted by Gasteiger charge is 2.27. The average molecular weight is 442 g/mol. The van der Waals surface area contributed by atoms with Crippen LogP contribution in [-0.4, -0.2) is 29.9 Å². The maximum atomic E-state index is 11.6. The molecule has 0 bridgehead atoms. The Morgan fingerprint density at radius 3 is 2.71 bits per heavy atom. The van der Waals surface area contributed by atoms with Crippen LogP contribution in [-0.2, 0) is 9.53 Å². The Kier molecular flexibility index (Phi) is 7.02. The number of benzene rings is 2. The maximum Gasteiger partial charge on any atom is 0.344 e. The molecule has 2 aromatic carbocycles. The van der Waals surface area contributed by atoms with Gasteiger partial charge in [-0.05, 0) is 75.8 Å². The van der Waals surface area contributed by atoms with Crippen LogP contribution in [0.1, 0.15) is 31.9 Å². The smallest absolute Gasteiger partial charge is 0.344 e. The molecule has 8 heteroatoms. The van der Waals surface area contributed by atoms with Gasteiger partial charge in [0.15, 0.2) is 11.7 Å². The lowest BCUT2D eigenvalue weighted by atomic mass is 9.99. The van der Waals surface area contributed by atoms with Crippen LogP contribution >= 0.6 is 12.2 Å². The van der Waals surface area contributed by atoms with Gasteiger partial charge >= 0.3 is 5.97 Å². The molecule has 0 saturated carbocycles. The van der Waals surface area contributed by atoms with Gasteiger partial charge in [-0.15, -0.1) is 0 Å². The van der Waals surface area contributed by atoms with Gasteiger partial charge in [-0.2, -0.15) is 0 Å². The zero-order chi connectivity index (χ0) is 22.4. The molecule has 3 rings (SSSR count). The topological polar surface area (TPSA) is 80.9 Å². The standard InChI is InChI=1S/C23H27N3O4S/c1-5-28-21(27)14-29-16-10-11-20-17(12-16)19(13-23(3,4)30-20)25-26-22(31)24-18-9-7-6-8-15(18)2/h6-13,25H,5,14H2,1-4H3,(H2,24,26,31). The summed E-state index contributed by atoms with van der Waals surface area (Å²) >= 11 is 5.42. The molecular formula is C23H27N3O4S. The van der Waals surface area contributed by atoms with E-state index in [9.17, 15) is 4.79 Å². The summed E-state index contributed by atoms with van der Waals surface area (Å²) in [5, 5.41) is 3.60. The van der Waals surface area contributed by atoms with Crippen molar-refractivity contribution in [3.05, 3.63) is 59.7 Å². The minimum Gasteiger partial charge on any atom is -0.483 e. The van der Waals surface area contributed by atoms with Crippen LogP contribution < -0.4 is 25.6 Å². The van der Waals surface area contributed by atoms with Crippen molar-refractivity contribution in [2.24, 2.45) is 0 Å². The third-order valence-electron chi connectivity index (χ3n) is 4.47. The molecule has 0 fully saturated rings. The van der Waals surface area contributed by atoms with E-state index in [0.717, 1.165) is 22.5 Å². The molecule has 2 aromatic rings. The van der Waals surface area contributed by atoms with E-state index in [4.69, 9.17) is 26.4 Å². The molecule has 0 aromatic heterocycles. The van der Waals surface area contributed by atoms with Crippen LogP contribution in [0.3, 0.4) is 0 Å². The number of nitrogens with one attached hydrogen (secondary N) is 3. The van der Waals surface area contributed by atoms with Crippen molar-refractivity contribution >= 4 is 34.7 Å². The normalized spacial score (nSPS) is 13.7. The summed E-state index contributed by atoms with van der Waals surface area (Å²) in [5.41, 5.74) is 9.25. The van der Waals surface area contributed by atoms with Crippen molar-refractivity contribution in [2.75, 3.05) is 18.5 Å². The molecule has 0 spiro atoms. The maximum absolute atomic E-state index is 11.6. The highest BCUT2D eigenvalue weighted by atomic mass is 32.1. The summed E-state index contributed by atoms with van der Waals surface area (Å²) in [6.07, 6.45) is 1.95. The fraction of sp³-hybridized carbons (Fsp3) is 0.304. The van der Waals surface area contributed by atoms with Crippen molar-refractivity contribution in [1.29, 1.82) is 0 Å². The van der Waals surface area contributed by atoms with Crippen molar-refractivity contribution in [2.45, 2.75) is 33.3 Å². The molecule has 7 nitrogen and oxygen atoms in total. The van der Waals surface area contributed by atoms with Gasteiger partial charge in [0.05, 0.1) is 12.3 Å².